The van der Waals surface area contributed by atoms with E-state index in [0.717, 1.165) is 0 Å². The highest BCUT2D eigenvalue weighted by molar-refractivity contribution is 4.63. The van der Waals surface area contributed by atoms with Gasteiger partial charge in [0.2, 0.25) is 0 Å². The van der Waals surface area contributed by atoms with Gasteiger partial charge in [-0.1, -0.05) is 13.8 Å². The molecule has 0 spiro atoms. The lowest BCUT2D eigenvalue weighted by atomic mass is 9.91. The average Bonchev–Trinajstić information content (AvgIpc) is 1.95. The molecule has 1 nitrogen and oxygen atoms in total. The van der Waals surface area contributed by atoms with Gasteiger partial charge in [-0.15, -0.1) is 0 Å². The minimum atomic E-state index is -4.06. The molecule has 1 atom stereocenters. The number of hydrogen-bond donors (Lipinski definition) is 1. The molecule has 0 aliphatic rings. The first-order valence-electron chi connectivity index (χ1n) is 4.54. The van der Waals surface area contributed by atoms with Crippen LogP contribution >= 0.6 is 0 Å². The maximum absolute atomic E-state index is 11.7. The third-order valence-electron chi connectivity index (χ3n) is 2.21. The summed E-state index contributed by atoms with van der Waals surface area (Å²) in [4.78, 5) is 0. The van der Waals surface area contributed by atoms with E-state index in [2.05, 4.69) is 0 Å². The van der Waals surface area contributed by atoms with Crippen LogP contribution in [-0.2, 0) is 0 Å². The van der Waals surface area contributed by atoms with Crippen LogP contribution in [0.3, 0.4) is 0 Å². The Bertz CT molecular complexity index is 131. The van der Waals surface area contributed by atoms with E-state index in [1.807, 2.05) is 13.8 Å². The molecule has 0 aliphatic carbocycles. The second kappa shape index (κ2) is 5.47. The number of halogens is 3. The summed E-state index contributed by atoms with van der Waals surface area (Å²) in [7, 11) is 0. The lowest BCUT2D eigenvalue weighted by Gasteiger charge is -2.18. The predicted octanol–water partition coefficient (Wildman–Crippen LogP) is 2.98. The van der Waals surface area contributed by atoms with Crippen molar-refractivity contribution < 1.29 is 18.3 Å². The molecule has 0 aliphatic heterocycles. The summed E-state index contributed by atoms with van der Waals surface area (Å²) in [5.41, 5.74) is 0. The summed E-state index contributed by atoms with van der Waals surface area (Å²) in [5, 5.41) is 8.84. The first-order chi connectivity index (χ1) is 5.87. The number of hydrogen-bond acceptors (Lipinski definition) is 1. The highest BCUT2D eigenvalue weighted by Crippen LogP contribution is 2.25. The van der Waals surface area contributed by atoms with Crippen LogP contribution in [0.1, 0.15) is 33.1 Å². The van der Waals surface area contributed by atoms with Crippen molar-refractivity contribution in [2.45, 2.75) is 39.3 Å². The van der Waals surface area contributed by atoms with E-state index in [9.17, 15) is 13.2 Å². The molecule has 0 aromatic heterocycles. The van der Waals surface area contributed by atoms with Gasteiger partial charge < -0.3 is 5.11 Å². The zero-order valence-corrected chi connectivity index (χ0v) is 8.06. The molecule has 0 saturated carbocycles. The molecule has 0 aromatic carbocycles. The van der Waals surface area contributed by atoms with Crippen molar-refractivity contribution in [1.82, 2.24) is 0 Å². The molecule has 0 amide bonds. The lowest BCUT2D eigenvalue weighted by Crippen LogP contribution is -2.15. The third-order valence-corrected chi connectivity index (χ3v) is 2.21. The van der Waals surface area contributed by atoms with Gasteiger partial charge in [-0.2, -0.15) is 13.2 Å². The summed E-state index contributed by atoms with van der Waals surface area (Å²) < 4.78 is 35.2. The fraction of sp³-hybridized carbons (Fsp3) is 1.00. The van der Waals surface area contributed by atoms with Crippen LogP contribution in [0.15, 0.2) is 0 Å². The average molecular weight is 198 g/mol. The van der Waals surface area contributed by atoms with Gasteiger partial charge in [0.25, 0.3) is 0 Å². The fourth-order valence-corrected chi connectivity index (χ4v) is 1.20. The molecule has 0 bridgehead atoms. The summed E-state index contributed by atoms with van der Waals surface area (Å²) in [6, 6.07) is 0. The van der Waals surface area contributed by atoms with Gasteiger partial charge >= 0.3 is 6.18 Å². The van der Waals surface area contributed by atoms with Crippen molar-refractivity contribution in [1.29, 1.82) is 0 Å². The summed E-state index contributed by atoms with van der Waals surface area (Å²) >= 11 is 0. The minimum absolute atomic E-state index is 0.00218. The van der Waals surface area contributed by atoms with Crippen molar-refractivity contribution in [3.05, 3.63) is 0 Å². The molecule has 1 unspecified atom stereocenters. The molecule has 0 aromatic rings. The SMILES string of the molecule is CC(C)C(CO)CCCC(F)(F)F. The maximum atomic E-state index is 11.7. The summed E-state index contributed by atoms with van der Waals surface area (Å²) in [6.07, 6.45) is -4.23. The highest BCUT2D eigenvalue weighted by atomic mass is 19.4. The van der Waals surface area contributed by atoms with Gasteiger partial charge in [0.15, 0.2) is 0 Å². The molecule has 0 radical (unpaired) electrons. The molecule has 4 heteroatoms. The Kier molecular flexibility index (Phi) is 5.37. The van der Waals surface area contributed by atoms with E-state index in [4.69, 9.17) is 5.11 Å². The Morgan fingerprint density at radius 3 is 2.08 bits per heavy atom. The van der Waals surface area contributed by atoms with Crippen molar-refractivity contribution >= 4 is 0 Å². The van der Waals surface area contributed by atoms with Gasteiger partial charge in [-0.3, -0.25) is 0 Å². The first-order valence-corrected chi connectivity index (χ1v) is 4.54. The zero-order valence-electron chi connectivity index (χ0n) is 8.06. The monoisotopic (exact) mass is 198 g/mol. The third kappa shape index (κ3) is 6.87. The van der Waals surface area contributed by atoms with Gasteiger partial charge in [0.05, 0.1) is 0 Å². The van der Waals surface area contributed by atoms with Crippen molar-refractivity contribution in [2.24, 2.45) is 11.8 Å². The quantitative estimate of drug-likeness (QED) is 0.720. The second-order valence-electron chi connectivity index (χ2n) is 3.69. The van der Waals surface area contributed by atoms with Gasteiger partial charge in [0.1, 0.15) is 0 Å². The van der Waals surface area contributed by atoms with Crippen LogP contribution in [0.25, 0.3) is 0 Å². The first kappa shape index (κ1) is 12.8. The number of aliphatic hydroxyl groups excluding tert-OH is 1. The number of rotatable bonds is 5. The Balaban J connectivity index is 3.62. The van der Waals surface area contributed by atoms with E-state index in [1.165, 1.54) is 0 Å². The molecule has 0 heterocycles. The highest BCUT2D eigenvalue weighted by Gasteiger charge is 2.26. The van der Waals surface area contributed by atoms with Crippen LogP contribution in [0, 0.1) is 11.8 Å². The van der Waals surface area contributed by atoms with E-state index in [0.29, 0.717) is 6.42 Å². The Morgan fingerprint density at radius 1 is 1.23 bits per heavy atom. The summed E-state index contributed by atoms with van der Waals surface area (Å²) in [5.74, 6) is 0.251. The second-order valence-corrected chi connectivity index (χ2v) is 3.69. The molecule has 0 fully saturated rings. The standard InChI is InChI=1S/C9H17F3O/c1-7(2)8(6-13)4-3-5-9(10,11)12/h7-8,13H,3-6H2,1-2H3. The van der Waals surface area contributed by atoms with Crippen LogP contribution in [0.4, 0.5) is 13.2 Å². The predicted molar refractivity (Wildman–Crippen MR) is 45.3 cm³/mol. The molecule has 80 valence electrons. The topological polar surface area (TPSA) is 20.2 Å². The van der Waals surface area contributed by atoms with Crippen molar-refractivity contribution in [3.63, 3.8) is 0 Å². The minimum Gasteiger partial charge on any atom is -0.396 e. The number of aliphatic hydroxyl groups is 1. The van der Waals surface area contributed by atoms with E-state index in [1.54, 1.807) is 0 Å². The van der Waals surface area contributed by atoms with Crippen molar-refractivity contribution in [2.75, 3.05) is 6.61 Å². The largest absolute Gasteiger partial charge is 0.396 e. The lowest BCUT2D eigenvalue weighted by molar-refractivity contribution is -0.136. The van der Waals surface area contributed by atoms with Crippen LogP contribution in [-0.4, -0.2) is 17.9 Å². The Hall–Kier alpha value is -0.250. The fourth-order valence-electron chi connectivity index (χ4n) is 1.20. The van der Waals surface area contributed by atoms with E-state index >= 15 is 0 Å². The van der Waals surface area contributed by atoms with E-state index in [-0.39, 0.29) is 24.9 Å². The van der Waals surface area contributed by atoms with Crippen LogP contribution in [0.2, 0.25) is 0 Å². The maximum Gasteiger partial charge on any atom is 0.389 e. The van der Waals surface area contributed by atoms with Crippen molar-refractivity contribution in [3.8, 4) is 0 Å². The molecule has 1 N–H and O–H groups in total. The van der Waals surface area contributed by atoms with Gasteiger partial charge in [-0.25, -0.2) is 0 Å². The van der Waals surface area contributed by atoms with E-state index < -0.39 is 12.6 Å². The Labute approximate surface area is 76.9 Å². The van der Waals surface area contributed by atoms with Crippen LogP contribution < -0.4 is 0 Å². The summed E-state index contributed by atoms with van der Waals surface area (Å²) in [6.45, 7) is 3.80. The van der Waals surface area contributed by atoms with Gasteiger partial charge in [-0.05, 0) is 24.7 Å². The zero-order chi connectivity index (χ0) is 10.5. The molecular weight excluding hydrogens is 181 g/mol. The normalized spacial score (nSPS) is 15.0. The van der Waals surface area contributed by atoms with Crippen LogP contribution in [0.5, 0.6) is 0 Å². The molecule has 13 heavy (non-hydrogen) atoms. The molecule has 0 saturated heterocycles. The Morgan fingerprint density at radius 2 is 1.77 bits per heavy atom. The van der Waals surface area contributed by atoms with Gasteiger partial charge in [0, 0.05) is 13.0 Å². The molecular formula is C9H17F3O. The molecule has 0 rings (SSSR count). The smallest absolute Gasteiger partial charge is 0.389 e. The number of alkyl halides is 3.